The lowest BCUT2D eigenvalue weighted by atomic mass is 9.97. The molecule has 5 heteroatoms. The van der Waals surface area contributed by atoms with E-state index in [4.69, 9.17) is 5.73 Å². The van der Waals surface area contributed by atoms with Crippen molar-refractivity contribution in [3.8, 4) is 11.1 Å². The number of anilines is 2. The molecular weight excluding hydrogens is 286 g/mol. The quantitative estimate of drug-likeness (QED) is 0.758. The van der Waals surface area contributed by atoms with Crippen LogP contribution in [0.3, 0.4) is 0 Å². The Hall–Kier alpha value is -2.56. The fourth-order valence-electron chi connectivity index (χ4n) is 3.36. The molecule has 0 aliphatic carbocycles. The smallest absolute Gasteiger partial charge is 0.146 e. The molecule has 1 aliphatic rings. The number of aryl methyl sites for hydroxylation is 1. The van der Waals surface area contributed by atoms with Crippen molar-refractivity contribution in [2.24, 2.45) is 0 Å². The van der Waals surface area contributed by atoms with Crippen LogP contribution in [0.5, 0.6) is 0 Å². The minimum absolute atomic E-state index is 0.319. The van der Waals surface area contributed by atoms with Crippen LogP contribution in [0.4, 0.5) is 11.5 Å². The van der Waals surface area contributed by atoms with Crippen LogP contribution in [0, 0.1) is 0 Å². The average molecular weight is 307 g/mol. The molecule has 4 rings (SSSR count). The zero-order valence-electron chi connectivity index (χ0n) is 13.5. The first-order chi connectivity index (χ1) is 11.1. The fraction of sp³-hybridized carbons (Fsp3) is 0.333. The van der Waals surface area contributed by atoms with E-state index in [2.05, 4.69) is 58.1 Å². The zero-order valence-corrected chi connectivity index (χ0v) is 13.5. The Balaban J connectivity index is 1.95. The summed E-state index contributed by atoms with van der Waals surface area (Å²) in [6.07, 6.45) is 5.98. The highest BCUT2D eigenvalue weighted by molar-refractivity contribution is 6.01. The van der Waals surface area contributed by atoms with E-state index in [1.807, 2.05) is 0 Å². The van der Waals surface area contributed by atoms with Gasteiger partial charge in [0.25, 0.3) is 0 Å². The number of hydrogen-bond acceptors (Lipinski definition) is 4. The molecule has 1 aromatic carbocycles. The molecule has 2 aromatic heterocycles. The van der Waals surface area contributed by atoms with Crippen molar-refractivity contribution in [2.75, 3.05) is 17.6 Å². The summed E-state index contributed by atoms with van der Waals surface area (Å²) in [7, 11) is 0. The third-order valence-electron chi connectivity index (χ3n) is 4.55. The van der Waals surface area contributed by atoms with E-state index in [1.54, 1.807) is 0 Å². The Labute approximate surface area is 135 Å². The van der Waals surface area contributed by atoms with Gasteiger partial charge in [-0.15, -0.1) is 0 Å². The van der Waals surface area contributed by atoms with Gasteiger partial charge in [0.1, 0.15) is 17.8 Å². The van der Waals surface area contributed by atoms with Crippen LogP contribution in [-0.2, 0) is 6.42 Å². The van der Waals surface area contributed by atoms with Gasteiger partial charge in [0, 0.05) is 30.0 Å². The second-order valence-corrected chi connectivity index (χ2v) is 6.40. The number of aromatic nitrogens is 3. The average Bonchev–Trinajstić information content (AvgIpc) is 2.96. The Morgan fingerprint density at radius 3 is 2.96 bits per heavy atom. The lowest BCUT2D eigenvalue weighted by Gasteiger charge is -2.18. The molecule has 118 valence electrons. The van der Waals surface area contributed by atoms with E-state index >= 15 is 0 Å². The summed E-state index contributed by atoms with van der Waals surface area (Å²) in [5, 5.41) is 4.41. The zero-order chi connectivity index (χ0) is 16.0. The Morgan fingerprint density at radius 2 is 2.13 bits per heavy atom. The van der Waals surface area contributed by atoms with Gasteiger partial charge < -0.3 is 15.6 Å². The van der Waals surface area contributed by atoms with E-state index in [0.29, 0.717) is 11.9 Å². The van der Waals surface area contributed by atoms with Crippen molar-refractivity contribution < 1.29 is 0 Å². The van der Waals surface area contributed by atoms with Gasteiger partial charge in [-0.3, -0.25) is 0 Å². The number of benzene rings is 1. The third kappa shape index (κ3) is 2.23. The maximum absolute atomic E-state index is 6.17. The monoisotopic (exact) mass is 307 g/mol. The number of nitrogens with one attached hydrogen (secondary N) is 1. The number of nitrogens with zero attached hydrogens (tertiary/aromatic N) is 3. The van der Waals surface area contributed by atoms with Crippen LogP contribution in [0.2, 0.25) is 0 Å². The van der Waals surface area contributed by atoms with Gasteiger partial charge >= 0.3 is 0 Å². The number of nitrogens with two attached hydrogens (primary N) is 1. The van der Waals surface area contributed by atoms with Crippen LogP contribution < -0.4 is 11.1 Å². The van der Waals surface area contributed by atoms with E-state index in [-0.39, 0.29) is 0 Å². The van der Waals surface area contributed by atoms with Crippen molar-refractivity contribution in [2.45, 2.75) is 32.7 Å². The molecule has 1 aliphatic heterocycles. The molecule has 0 amide bonds. The summed E-state index contributed by atoms with van der Waals surface area (Å²) in [6, 6.07) is 6.92. The number of fused-ring (bicyclic) bond motifs is 2. The summed E-state index contributed by atoms with van der Waals surface area (Å²) < 4.78 is 2.17. The van der Waals surface area contributed by atoms with Gasteiger partial charge in [0.15, 0.2) is 0 Å². The standard InChI is InChI=1S/C18H21N5/c1-11(2)23-9-14(16-17(19)21-10-22-18(16)23)12-5-6-15-13(8-12)4-3-7-20-15/h5-6,8-11,20H,3-4,7H2,1-2H3,(H2,19,21,22). The second-order valence-electron chi connectivity index (χ2n) is 6.40. The van der Waals surface area contributed by atoms with Crippen LogP contribution >= 0.6 is 0 Å². The highest BCUT2D eigenvalue weighted by Crippen LogP contribution is 2.36. The van der Waals surface area contributed by atoms with Crippen LogP contribution in [0.1, 0.15) is 31.9 Å². The molecule has 3 heterocycles. The lowest BCUT2D eigenvalue weighted by Crippen LogP contribution is -2.11. The highest BCUT2D eigenvalue weighted by Gasteiger charge is 2.18. The maximum Gasteiger partial charge on any atom is 0.146 e. The number of nitrogen functional groups attached to an aromatic ring is 1. The molecule has 0 saturated heterocycles. The molecule has 23 heavy (non-hydrogen) atoms. The van der Waals surface area contributed by atoms with Crippen LogP contribution in [-0.4, -0.2) is 21.1 Å². The summed E-state index contributed by atoms with van der Waals surface area (Å²) >= 11 is 0. The third-order valence-corrected chi connectivity index (χ3v) is 4.55. The Kier molecular flexibility index (Phi) is 3.22. The van der Waals surface area contributed by atoms with Crippen LogP contribution in [0.25, 0.3) is 22.2 Å². The molecule has 0 saturated carbocycles. The van der Waals surface area contributed by atoms with Gasteiger partial charge in [0.05, 0.1) is 5.39 Å². The molecule has 0 bridgehead atoms. The fourth-order valence-corrected chi connectivity index (χ4v) is 3.36. The SMILES string of the molecule is CC(C)n1cc(-c2ccc3c(c2)CCCN3)c2c(N)ncnc21. The minimum Gasteiger partial charge on any atom is -0.385 e. The molecule has 0 fully saturated rings. The molecule has 0 unspecified atom stereocenters. The summed E-state index contributed by atoms with van der Waals surface area (Å²) in [6.45, 7) is 5.36. The topological polar surface area (TPSA) is 68.8 Å². The maximum atomic E-state index is 6.17. The Bertz CT molecular complexity index is 878. The van der Waals surface area contributed by atoms with Gasteiger partial charge in [-0.25, -0.2) is 9.97 Å². The molecule has 5 nitrogen and oxygen atoms in total. The Morgan fingerprint density at radius 1 is 1.26 bits per heavy atom. The van der Waals surface area contributed by atoms with Gasteiger partial charge in [-0.2, -0.15) is 0 Å². The van der Waals surface area contributed by atoms with Gasteiger partial charge in [0.2, 0.25) is 0 Å². The van der Waals surface area contributed by atoms with Crippen molar-refractivity contribution in [1.82, 2.24) is 14.5 Å². The normalized spacial score (nSPS) is 14.0. The van der Waals surface area contributed by atoms with Crippen molar-refractivity contribution in [3.05, 3.63) is 36.3 Å². The lowest BCUT2D eigenvalue weighted by molar-refractivity contribution is 0.618. The van der Waals surface area contributed by atoms with E-state index < -0.39 is 0 Å². The number of hydrogen-bond donors (Lipinski definition) is 2. The molecule has 0 radical (unpaired) electrons. The first kappa shape index (κ1) is 14.1. The first-order valence-corrected chi connectivity index (χ1v) is 8.13. The van der Waals surface area contributed by atoms with E-state index in [9.17, 15) is 0 Å². The molecule has 0 spiro atoms. The van der Waals surface area contributed by atoms with E-state index in [1.165, 1.54) is 29.6 Å². The van der Waals surface area contributed by atoms with Gasteiger partial charge in [-0.05, 0) is 49.9 Å². The highest BCUT2D eigenvalue weighted by atomic mass is 15.1. The number of rotatable bonds is 2. The van der Waals surface area contributed by atoms with E-state index in [0.717, 1.165) is 29.6 Å². The van der Waals surface area contributed by atoms with Crippen molar-refractivity contribution >= 4 is 22.5 Å². The summed E-state index contributed by atoms with van der Waals surface area (Å²) in [5.41, 5.74) is 12.0. The van der Waals surface area contributed by atoms with Crippen LogP contribution in [0.15, 0.2) is 30.7 Å². The molecular formula is C18H21N5. The second kappa shape index (κ2) is 5.26. The molecule has 3 N–H and O–H groups in total. The van der Waals surface area contributed by atoms with Gasteiger partial charge in [-0.1, -0.05) is 6.07 Å². The summed E-state index contributed by atoms with van der Waals surface area (Å²) in [5.74, 6) is 0.542. The first-order valence-electron chi connectivity index (χ1n) is 8.13. The molecule has 3 aromatic rings. The predicted octanol–water partition coefficient (Wildman–Crippen LogP) is 3.62. The minimum atomic E-state index is 0.319. The predicted molar refractivity (Wildman–Crippen MR) is 94.6 cm³/mol. The largest absolute Gasteiger partial charge is 0.385 e. The van der Waals surface area contributed by atoms with Crippen molar-refractivity contribution in [1.29, 1.82) is 0 Å². The van der Waals surface area contributed by atoms with Crippen molar-refractivity contribution in [3.63, 3.8) is 0 Å². The summed E-state index contributed by atoms with van der Waals surface area (Å²) in [4.78, 5) is 8.65. The molecule has 0 atom stereocenters.